The molecule has 0 radical (unpaired) electrons. The lowest BCUT2D eigenvalue weighted by Gasteiger charge is -2.34. The van der Waals surface area contributed by atoms with Gasteiger partial charge in [0.25, 0.3) is 11.8 Å². The number of aryl methyl sites for hydroxylation is 2. The van der Waals surface area contributed by atoms with Crippen molar-refractivity contribution in [1.29, 1.82) is 0 Å². The van der Waals surface area contributed by atoms with Gasteiger partial charge in [0.15, 0.2) is 11.6 Å². The van der Waals surface area contributed by atoms with Crippen LogP contribution in [0.4, 0.5) is 56.1 Å². The van der Waals surface area contributed by atoms with E-state index < -0.39 is 57.5 Å². The number of rotatable bonds is 19. The van der Waals surface area contributed by atoms with Crippen molar-refractivity contribution in [2.24, 2.45) is 5.73 Å². The maximum absolute atomic E-state index is 15.1. The molecule has 21 nitrogen and oxygen atoms in total. The van der Waals surface area contributed by atoms with Crippen molar-refractivity contribution >= 4 is 63.6 Å². The van der Waals surface area contributed by atoms with Crippen LogP contribution in [0.15, 0.2) is 139 Å². The number of benzene rings is 6. The van der Waals surface area contributed by atoms with Crippen molar-refractivity contribution in [3.8, 4) is 22.5 Å². The van der Waals surface area contributed by atoms with Crippen molar-refractivity contribution < 1.29 is 40.9 Å². The minimum Gasteiger partial charge on any atom is -0.353 e. The van der Waals surface area contributed by atoms with Crippen LogP contribution in [0.1, 0.15) is 81.8 Å². The zero-order valence-electron chi connectivity index (χ0n) is 56.7. The lowest BCUT2D eigenvalue weighted by atomic mass is 9.97. The predicted octanol–water partition coefficient (Wildman–Crippen LogP) is 10.2. The van der Waals surface area contributed by atoms with E-state index in [4.69, 9.17) is 10.7 Å². The highest BCUT2D eigenvalue weighted by atomic mass is 32.2. The Morgan fingerprint density at radius 1 is 0.535 bits per heavy atom. The molecule has 8 aromatic rings. The maximum atomic E-state index is 15.1. The van der Waals surface area contributed by atoms with E-state index in [-0.39, 0.29) is 59.7 Å². The van der Waals surface area contributed by atoms with Crippen LogP contribution in [0, 0.1) is 37.1 Å². The topological polar surface area (TPSA) is 243 Å². The van der Waals surface area contributed by atoms with E-state index in [9.17, 15) is 32.2 Å². The number of halogens is 4. The van der Waals surface area contributed by atoms with Crippen LogP contribution in [0.2, 0.25) is 0 Å². The summed E-state index contributed by atoms with van der Waals surface area (Å²) in [7, 11) is -1.68. The summed E-state index contributed by atoms with van der Waals surface area (Å²) in [5, 5.41) is 14.2. The van der Waals surface area contributed by atoms with Gasteiger partial charge in [-0.15, -0.1) is 0 Å². The smallest absolute Gasteiger partial charge is 0.328 e. The molecule has 0 bridgehead atoms. The number of aromatic nitrogens is 4. The summed E-state index contributed by atoms with van der Waals surface area (Å²) in [5.74, 6) is -4.05. The summed E-state index contributed by atoms with van der Waals surface area (Å²) in [4.78, 5) is 81.4. The number of para-hydroxylation sites is 2. The summed E-state index contributed by atoms with van der Waals surface area (Å²) >= 11 is 0. The van der Waals surface area contributed by atoms with Gasteiger partial charge in [-0.2, -0.15) is 4.98 Å². The Hall–Kier alpha value is -9.57. The van der Waals surface area contributed by atoms with Gasteiger partial charge in [0.2, 0.25) is 11.1 Å². The van der Waals surface area contributed by atoms with Gasteiger partial charge in [-0.3, -0.25) is 33.4 Å². The second-order valence-corrected chi connectivity index (χ2v) is 26.4. The first-order chi connectivity index (χ1) is 47.6. The van der Waals surface area contributed by atoms with Crippen LogP contribution < -0.4 is 42.1 Å². The number of hydrogen-bond acceptors (Lipinski definition) is 15. The molecule has 4 aliphatic rings. The van der Waals surface area contributed by atoms with Crippen LogP contribution in [0.3, 0.4) is 0 Å². The first-order valence-corrected chi connectivity index (χ1v) is 34.6. The number of hydrogen-bond donors (Lipinski definition) is 6. The molecule has 26 heteroatoms. The van der Waals surface area contributed by atoms with E-state index in [0.29, 0.717) is 51.3 Å². The molecule has 6 amide bonds. The minimum absolute atomic E-state index is 0.0332. The van der Waals surface area contributed by atoms with Gasteiger partial charge >= 0.3 is 12.1 Å². The van der Waals surface area contributed by atoms with Gasteiger partial charge in [-0.25, -0.2) is 51.9 Å². The molecule has 12 rings (SSSR count). The van der Waals surface area contributed by atoms with Gasteiger partial charge < -0.3 is 32.3 Å². The maximum Gasteiger partial charge on any atom is 0.328 e. The molecular weight excluding hydrogens is 1290 g/mol. The molecule has 6 aromatic carbocycles. The van der Waals surface area contributed by atoms with Gasteiger partial charge in [0.1, 0.15) is 34.6 Å². The highest BCUT2D eigenvalue weighted by Gasteiger charge is 2.37. The number of fused-ring (bicyclic) bond motifs is 2. The quantitative estimate of drug-likeness (QED) is 0.0326. The van der Waals surface area contributed by atoms with Gasteiger partial charge in [0, 0.05) is 143 Å². The van der Waals surface area contributed by atoms with Crippen LogP contribution in [0.25, 0.3) is 22.5 Å². The van der Waals surface area contributed by atoms with E-state index in [1.807, 2.05) is 53.7 Å². The standard InChI is InChI=1S/C36H40F2N8O2.C24H23F2N5O3S.C13H21N3/c1-23(2)41-34(47)26-13-12-24(3)27(20-26)31-28-21-40-36(48)46(32-29(37)10-7-11-30(32)38)33(28)43-35(42-31)39-14-15-44-16-18-45(19-17-44)22-25-8-5-4-6-9-25;1-12(2)28-22(32)14-9-8-13(3)15(10-14)19-16-11-27-24(33)31(20-17(25)6-5-7-18(20)26)21(16)30-23(29-19)35(4)34;14-6-7-15-8-10-16(11-9-15)12-13-4-2-1-3-5-13/h4-13,20,23H,14-19,21-22H2,1-3H3,(H,40,48)(H,41,47)(H,39,42,43);5-10,12H,11H2,1-4H3,(H,27,33)(H,28,32);1-5H,6-12,14H2. The highest BCUT2D eigenvalue weighted by molar-refractivity contribution is 7.84. The molecule has 2 saturated heterocycles. The highest BCUT2D eigenvalue weighted by Crippen LogP contribution is 2.41. The number of nitrogens with one attached hydrogen (secondary N) is 5. The molecule has 1 unspecified atom stereocenters. The van der Waals surface area contributed by atoms with E-state index in [1.54, 1.807) is 30.3 Å². The molecule has 2 aromatic heterocycles. The number of nitrogens with zero attached hydrogens (tertiary/aromatic N) is 10. The molecular formula is C73H84F4N16O5S. The van der Waals surface area contributed by atoms with E-state index in [2.05, 4.69) is 116 Å². The molecule has 7 N–H and O–H groups in total. The number of piperazine rings is 2. The molecule has 0 aliphatic carbocycles. The molecule has 1 atom stereocenters. The third-order valence-electron chi connectivity index (χ3n) is 17.1. The van der Waals surface area contributed by atoms with Crippen molar-refractivity contribution in [3.05, 3.63) is 201 Å². The fourth-order valence-corrected chi connectivity index (χ4v) is 12.5. The fraction of sp³-hybridized carbons (Fsp3) is 0.342. The molecule has 4 aliphatic heterocycles. The Kier molecular flexibility index (Phi) is 24.3. The molecule has 2 fully saturated rings. The fourth-order valence-electron chi connectivity index (χ4n) is 12.0. The molecule has 99 heavy (non-hydrogen) atoms. The van der Waals surface area contributed by atoms with Gasteiger partial charge in [-0.1, -0.05) is 84.9 Å². The zero-order valence-corrected chi connectivity index (χ0v) is 57.5. The van der Waals surface area contributed by atoms with E-state index in [0.717, 1.165) is 130 Å². The lowest BCUT2D eigenvalue weighted by molar-refractivity contribution is 0.0934. The minimum atomic E-state index is -1.68. The third-order valence-corrected chi connectivity index (χ3v) is 17.8. The summed E-state index contributed by atoms with van der Waals surface area (Å²) in [6.07, 6.45) is 1.36. The Balaban J connectivity index is 0.000000180. The Morgan fingerprint density at radius 3 is 1.35 bits per heavy atom. The van der Waals surface area contributed by atoms with E-state index >= 15 is 8.78 Å². The number of urea groups is 2. The average Bonchev–Trinajstić information content (AvgIpc) is 0.754. The number of carbonyl (C=O) groups is 4. The van der Waals surface area contributed by atoms with Crippen molar-refractivity contribution in [2.75, 3.05) is 99.9 Å². The van der Waals surface area contributed by atoms with Crippen LogP contribution in [-0.2, 0) is 37.0 Å². The van der Waals surface area contributed by atoms with Crippen molar-refractivity contribution in [3.63, 3.8) is 0 Å². The molecule has 520 valence electrons. The lowest BCUT2D eigenvalue weighted by Crippen LogP contribution is -2.47. The van der Waals surface area contributed by atoms with Gasteiger partial charge in [0.05, 0.1) is 35.3 Å². The number of amides is 6. The van der Waals surface area contributed by atoms with Crippen molar-refractivity contribution in [2.45, 2.75) is 85.0 Å². The van der Waals surface area contributed by atoms with Crippen molar-refractivity contribution in [1.82, 2.24) is 60.8 Å². The summed E-state index contributed by atoms with van der Waals surface area (Å²) in [6.45, 7) is 24.6. The Bertz CT molecular complexity index is 4180. The normalized spacial score (nSPS) is 15.4. The van der Waals surface area contributed by atoms with Crippen LogP contribution >= 0.6 is 0 Å². The Morgan fingerprint density at radius 2 is 0.939 bits per heavy atom. The molecule has 0 saturated carbocycles. The van der Waals surface area contributed by atoms with Crippen LogP contribution in [-0.4, -0.2) is 164 Å². The second kappa shape index (κ2) is 33.3. The summed E-state index contributed by atoms with van der Waals surface area (Å²) in [6, 6.07) is 36.6. The molecule has 6 heterocycles. The third kappa shape index (κ3) is 18.0. The van der Waals surface area contributed by atoms with Gasteiger partial charge in [-0.05, 0) is 112 Å². The summed E-state index contributed by atoms with van der Waals surface area (Å²) in [5.41, 5.74) is 12.3. The molecule has 0 spiro atoms. The SMILES string of the molecule is Cc1ccc(C(=O)NC(C)C)cc1-c1nc(NCCN2CCN(Cc3ccccc3)CC2)nc2c1CNC(=O)N2c1c(F)cccc1F.Cc1ccc(C(=O)NC(C)C)cc1-c1nc(S(C)=O)nc2c1CNC(=O)N2c1c(F)cccc1F.NCCN1CCN(Cc2ccccc2)CC1. The number of nitrogens with two attached hydrogens (primary N) is 1. The number of carbonyl (C=O) groups excluding carboxylic acids is 4. The first-order valence-electron chi connectivity index (χ1n) is 33.1. The average molecular weight is 1370 g/mol. The predicted molar refractivity (Wildman–Crippen MR) is 377 cm³/mol. The largest absolute Gasteiger partial charge is 0.353 e. The first kappa shape index (κ1) is 72.2. The zero-order chi connectivity index (χ0) is 70.4. The second-order valence-electron chi connectivity index (χ2n) is 25.2. The Labute approximate surface area is 577 Å². The van der Waals surface area contributed by atoms with E-state index in [1.165, 1.54) is 29.5 Å². The number of anilines is 5. The van der Waals surface area contributed by atoms with Crippen LogP contribution in [0.5, 0.6) is 0 Å². The monoisotopic (exact) mass is 1370 g/mol. The summed E-state index contributed by atoms with van der Waals surface area (Å²) < 4.78 is 72.0.